The van der Waals surface area contributed by atoms with Crippen LogP contribution < -0.4 is 10.0 Å². The van der Waals surface area contributed by atoms with E-state index in [4.69, 9.17) is 0 Å². The summed E-state index contributed by atoms with van der Waals surface area (Å²) in [7, 11) is -3.08. The van der Waals surface area contributed by atoms with Crippen LogP contribution in [-0.4, -0.2) is 44.8 Å². The zero-order valence-corrected chi connectivity index (χ0v) is 13.1. The van der Waals surface area contributed by atoms with Crippen LogP contribution in [0.5, 0.6) is 0 Å². The highest BCUT2D eigenvalue weighted by molar-refractivity contribution is 8.00. The Labute approximate surface area is 116 Å². The Balaban J connectivity index is 2.19. The second kappa shape index (κ2) is 7.72. The average molecular weight is 294 g/mol. The van der Waals surface area contributed by atoms with E-state index in [0.717, 1.165) is 38.8 Å². The number of nitrogens with one attached hydrogen (secondary N) is 2. The first kappa shape index (κ1) is 16.3. The number of hydrogen-bond acceptors (Lipinski definition) is 4. The van der Waals surface area contributed by atoms with Crippen LogP contribution in [0.15, 0.2) is 0 Å². The lowest BCUT2D eigenvalue weighted by Gasteiger charge is -2.40. The lowest BCUT2D eigenvalue weighted by atomic mass is 9.84. The van der Waals surface area contributed by atoms with Gasteiger partial charge in [0.25, 0.3) is 0 Å². The molecule has 0 bridgehead atoms. The van der Waals surface area contributed by atoms with Crippen molar-refractivity contribution in [3.05, 3.63) is 0 Å². The molecule has 0 unspecified atom stereocenters. The first-order valence-corrected chi connectivity index (χ1v) is 9.64. The molecule has 1 aliphatic rings. The van der Waals surface area contributed by atoms with Crippen molar-refractivity contribution in [2.45, 2.75) is 43.8 Å². The highest BCUT2D eigenvalue weighted by Crippen LogP contribution is 2.42. The van der Waals surface area contributed by atoms with Crippen LogP contribution in [0, 0.1) is 0 Å². The number of sulfonamides is 1. The average Bonchev–Trinajstić information content (AvgIpc) is 2.28. The fraction of sp³-hybridized carbons (Fsp3) is 1.00. The van der Waals surface area contributed by atoms with Gasteiger partial charge in [-0.3, -0.25) is 0 Å². The molecule has 1 saturated carbocycles. The van der Waals surface area contributed by atoms with Crippen LogP contribution in [0.4, 0.5) is 0 Å². The fourth-order valence-corrected chi connectivity index (χ4v) is 4.29. The van der Waals surface area contributed by atoms with Gasteiger partial charge in [-0.25, -0.2) is 13.1 Å². The lowest BCUT2D eigenvalue weighted by molar-refractivity contribution is 0.361. The van der Waals surface area contributed by atoms with Crippen LogP contribution in [0.2, 0.25) is 0 Å². The van der Waals surface area contributed by atoms with Crippen LogP contribution in [0.3, 0.4) is 0 Å². The molecule has 0 saturated heterocycles. The minimum atomic E-state index is -3.08. The minimum absolute atomic E-state index is 0.177. The molecule has 0 atom stereocenters. The monoisotopic (exact) mass is 294 g/mol. The standard InChI is InChI=1S/C12H26N2O2S2/c1-3-13-9-4-5-10-18(15,16)14-11-12(17-2)7-6-8-12/h13-14H,3-11H2,1-2H3. The molecular formula is C12H26N2O2S2. The molecule has 1 fully saturated rings. The maximum absolute atomic E-state index is 11.8. The molecule has 0 amide bonds. The van der Waals surface area contributed by atoms with Crippen molar-refractivity contribution in [2.24, 2.45) is 0 Å². The van der Waals surface area contributed by atoms with Crippen molar-refractivity contribution in [3.63, 3.8) is 0 Å². The van der Waals surface area contributed by atoms with Crippen LogP contribution in [0.1, 0.15) is 39.0 Å². The molecule has 6 heteroatoms. The van der Waals surface area contributed by atoms with Gasteiger partial charge in [-0.15, -0.1) is 0 Å². The maximum atomic E-state index is 11.8. The van der Waals surface area contributed by atoms with E-state index in [1.54, 1.807) is 11.8 Å². The van der Waals surface area contributed by atoms with Gasteiger partial charge < -0.3 is 5.32 Å². The smallest absolute Gasteiger partial charge is 0.211 e. The molecule has 0 spiro atoms. The van der Waals surface area contributed by atoms with Crippen molar-refractivity contribution in [1.29, 1.82) is 0 Å². The highest BCUT2D eigenvalue weighted by Gasteiger charge is 2.36. The number of hydrogen-bond donors (Lipinski definition) is 2. The molecule has 0 aromatic rings. The van der Waals surface area contributed by atoms with Crippen molar-refractivity contribution in [3.8, 4) is 0 Å². The van der Waals surface area contributed by atoms with Gasteiger partial charge in [0.2, 0.25) is 10.0 Å². The van der Waals surface area contributed by atoms with E-state index in [-0.39, 0.29) is 10.5 Å². The maximum Gasteiger partial charge on any atom is 0.211 e. The summed E-state index contributed by atoms with van der Waals surface area (Å²) >= 11 is 1.80. The minimum Gasteiger partial charge on any atom is -0.317 e. The van der Waals surface area contributed by atoms with E-state index in [2.05, 4.69) is 23.2 Å². The SMILES string of the molecule is CCNCCCCS(=O)(=O)NCC1(SC)CCC1. The molecule has 0 aliphatic heterocycles. The largest absolute Gasteiger partial charge is 0.317 e. The Bertz CT molecular complexity index is 321. The molecule has 4 nitrogen and oxygen atoms in total. The third-order valence-electron chi connectivity index (χ3n) is 3.58. The molecule has 1 rings (SSSR count). The number of unbranched alkanes of at least 4 members (excludes halogenated alkanes) is 1. The molecule has 108 valence electrons. The molecule has 0 aromatic carbocycles. The van der Waals surface area contributed by atoms with E-state index in [1.165, 1.54) is 6.42 Å². The molecule has 2 N–H and O–H groups in total. The van der Waals surface area contributed by atoms with Crippen LogP contribution in [0.25, 0.3) is 0 Å². The van der Waals surface area contributed by atoms with Gasteiger partial charge in [0, 0.05) is 11.3 Å². The zero-order chi connectivity index (χ0) is 13.5. The molecule has 0 aromatic heterocycles. The Kier molecular flexibility index (Phi) is 6.98. The summed E-state index contributed by atoms with van der Waals surface area (Å²) in [5.41, 5.74) is 0. The Morgan fingerprint density at radius 2 is 2.00 bits per heavy atom. The number of thioether (sulfide) groups is 1. The molecule has 1 aliphatic carbocycles. The number of rotatable bonds is 10. The molecule has 0 radical (unpaired) electrons. The van der Waals surface area contributed by atoms with E-state index in [1.807, 2.05) is 0 Å². The predicted octanol–water partition coefficient (Wildman–Crippen LogP) is 1.58. The highest BCUT2D eigenvalue weighted by atomic mass is 32.2. The van der Waals surface area contributed by atoms with Gasteiger partial charge in [0.1, 0.15) is 0 Å². The van der Waals surface area contributed by atoms with Crippen molar-refractivity contribution < 1.29 is 8.42 Å². The summed E-state index contributed by atoms with van der Waals surface area (Å²) in [6, 6.07) is 0. The third-order valence-corrected chi connectivity index (χ3v) is 6.41. The van der Waals surface area contributed by atoms with Gasteiger partial charge in [0.15, 0.2) is 0 Å². The Morgan fingerprint density at radius 3 is 2.50 bits per heavy atom. The van der Waals surface area contributed by atoms with E-state index in [0.29, 0.717) is 6.54 Å². The molecule has 0 heterocycles. The topological polar surface area (TPSA) is 58.2 Å². The summed E-state index contributed by atoms with van der Waals surface area (Å²) in [5, 5.41) is 3.20. The first-order chi connectivity index (χ1) is 8.54. The molecular weight excluding hydrogens is 268 g/mol. The van der Waals surface area contributed by atoms with Crippen LogP contribution in [-0.2, 0) is 10.0 Å². The van der Waals surface area contributed by atoms with Gasteiger partial charge >= 0.3 is 0 Å². The summed E-state index contributed by atoms with van der Waals surface area (Å²) in [5.74, 6) is 0.253. The summed E-state index contributed by atoms with van der Waals surface area (Å²) in [4.78, 5) is 0. The van der Waals surface area contributed by atoms with Gasteiger partial charge in [0.05, 0.1) is 5.75 Å². The van der Waals surface area contributed by atoms with E-state index in [9.17, 15) is 8.42 Å². The predicted molar refractivity (Wildman–Crippen MR) is 79.7 cm³/mol. The second-order valence-corrected chi connectivity index (χ2v) is 8.14. The van der Waals surface area contributed by atoms with Crippen molar-refractivity contribution in [2.75, 3.05) is 31.6 Å². The second-order valence-electron chi connectivity index (χ2n) is 4.94. The van der Waals surface area contributed by atoms with Gasteiger partial charge in [-0.2, -0.15) is 11.8 Å². The normalized spacial score (nSPS) is 18.6. The Morgan fingerprint density at radius 1 is 1.28 bits per heavy atom. The molecule has 18 heavy (non-hydrogen) atoms. The van der Waals surface area contributed by atoms with E-state index < -0.39 is 10.0 Å². The zero-order valence-electron chi connectivity index (χ0n) is 11.5. The summed E-state index contributed by atoms with van der Waals surface area (Å²) in [6.45, 7) is 4.50. The summed E-state index contributed by atoms with van der Waals surface area (Å²) < 4.78 is 26.6. The first-order valence-electron chi connectivity index (χ1n) is 6.77. The van der Waals surface area contributed by atoms with E-state index >= 15 is 0 Å². The van der Waals surface area contributed by atoms with Crippen molar-refractivity contribution >= 4 is 21.8 Å². The van der Waals surface area contributed by atoms with Gasteiger partial charge in [-0.05, 0) is 45.0 Å². The van der Waals surface area contributed by atoms with Gasteiger partial charge in [-0.1, -0.05) is 13.3 Å². The third kappa shape index (κ3) is 5.47. The Hall–Kier alpha value is 0.220. The summed E-state index contributed by atoms with van der Waals surface area (Å²) in [6.07, 6.45) is 7.22. The van der Waals surface area contributed by atoms with Crippen LogP contribution >= 0.6 is 11.8 Å². The fourth-order valence-electron chi connectivity index (χ4n) is 2.06. The quantitative estimate of drug-likeness (QED) is 0.601. The van der Waals surface area contributed by atoms with Crippen molar-refractivity contribution in [1.82, 2.24) is 10.0 Å². The lowest BCUT2D eigenvalue weighted by Crippen LogP contribution is -2.45.